The zero-order valence-electron chi connectivity index (χ0n) is 10.6. The predicted octanol–water partition coefficient (Wildman–Crippen LogP) is 4.75. The zero-order chi connectivity index (χ0) is 14.5. The van der Waals surface area contributed by atoms with E-state index in [0.717, 1.165) is 11.3 Å². The molecule has 0 fully saturated rings. The molecule has 5 heteroatoms. The standard InChI is InChI=1S/C15H13Cl2NO2/c16-12-2-1-3-13(17)15(12)18-11-7-4-10(5-8-11)6-9-14(19)20/h1-5,7-8,18H,6,9H2,(H,19,20). The van der Waals surface area contributed by atoms with Crippen molar-refractivity contribution >= 4 is 40.5 Å². The maximum Gasteiger partial charge on any atom is 0.303 e. The number of aryl methyl sites for hydroxylation is 1. The first kappa shape index (κ1) is 14.7. The van der Waals surface area contributed by atoms with E-state index in [4.69, 9.17) is 28.3 Å². The number of aliphatic carboxylic acids is 1. The second-order valence-electron chi connectivity index (χ2n) is 4.31. The number of nitrogens with one attached hydrogen (secondary N) is 1. The number of anilines is 2. The number of carbonyl (C=O) groups is 1. The molecule has 0 spiro atoms. The molecule has 0 bridgehead atoms. The molecule has 0 heterocycles. The van der Waals surface area contributed by atoms with Crippen LogP contribution in [0.25, 0.3) is 0 Å². The van der Waals surface area contributed by atoms with Crippen molar-refractivity contribution in [1.82, 2.24) is 0 Å². The number of para-hydroxylation sites is 1. The molecular formula is C15H13Cl2NO2. The van der Waals surface area contributed by atoms with Gasteiger partial charge < -0.3 is 10.4 Å². The van der Waals surface area contributed by atoms with Gasteiger partial charge in [-0.1, -0.05) is 41.4 Å². The van der Waals surface area contributed by atoms with Crippen molar-refractivity contribution in [2.24, 2.45) is 0 Å². The van der Waals surface area contributed by atoms with E-state index in [1.807, 2.05) is 24.3 Å². The molecule has 0 aliphatic rings. The molecule has 104 valence electrons. The number of hydrogen-bond donors (Lipinski definition) is 2. The monoisotopic (exact) mass is 309 g/mol. The second kappa shape index (κ2) is 6.64. The molecule has 20 heavy (non-hydrogen) atoms. The highest BCUT2D eigenvalue weighted by Gasteiger charge is 2.05. The van der Waals surface area contributed by atoms with E-state index in [9.17, 15) is 4.79 Å². The molecule has 0 aromatic heterocycles. The second-order valence-corrected chi connectivity index (χ2v) is 5.13. The van der Waals surface area contributed by atoms with Crippen molar-refractivity contribution in [3.8, 4) is 0 Å². The van der Waals surface area contributed by atoms with E-state index in [1.54, 1.807) is 18.2 Å². The van der Waals surface area contributed by atoms with E-state index in [0.29, 0.717) is 22.2 Å². The van der Waals surface area contributed by atoms with E-state index in [2.05, 4.69) is 5.32 Å². The lowest BCUT2D eigenvalue weighted by atomic mass is 10.1. The Morgan fingerprint density at radius 2 is 1.65 bits per heavy atom. The van der Waals surface area contributed by atoms with Gasteiger partial charge in [0.05, 0.1) is 15.7 Å². The number of rotatable bonds is 5. The summed E-state index contributed by atoms with van der Waals surface area (Å²) in [6.07, 6.45) is 0.644. The van der Waals surface area contributed by atoms with Crippen LogP contribution in [0, 0.1) is 0 Å². The lowest BCUT2D eigenvalue weighted by Crippen LogP contribution is -1.98. The molecule has 2 N–H and O–H groups in total. The highest BCUT2D eigenvalue weighted by Crippen LogP contribution is 2.32. The average molecular weight is 310 g/mol. The van der Waals surface area contributed by atoms with Crippen molar-refractivity contribution in [2.75, 3.05) is 5.32 Å². The number of carboxylic acids is 1. The van der Waals surface area contributed by atoms with Crippen LogP contribution >= 0.6 is 23.2 Å². The average Bonchev–Trinajstić information content (AvgIpc) is 2.42. The molecule has 3 nitrogen and oxygen atoms in total. The third-order valence-electron chi connectivity index (χ3n) is 2.81. The summed E-state index contributed by atoms with van der Waals surface area (Å²) in [4.78, 5) is 10.5. The lowest BCUT2D eigenvalue weighted by molar-refractivity contribution is -0.136. The molecule has 0 radical (unpaired) electrons. The van der Waals surface area contributed by atoms with Crippen molar-refractivity contribution in [3.05, 3.63) is 58.1 Å². The van der Waals surface area contributed by atoms with E-state index in [-0.39, 0.29) is 6.42 Å². The molecule has 2 rings (SSSR count). The van der Waals surface area contributed by atoms with E-state index in [1.165, 1.54) is 0 Å². The molecule has 0 saturated heterocycles. The van der Waals surface area contributed by atoms with Gasteiger partial charge >= 0.3 is 5.97 Å². The Balaban J connectivity index is 2.09. The highest BCUT2D eigenvalue weighted by molar-refractivity contribution is 6.39. The van der Waals surface area contributed by atoms with Crippen LogP contribution in [0.4, 0.5) is 11.4 Å². The van der Waals surface area contributed by atoms with Crippen LogP contribution < -0.4 is 5.32 Å². The van der Waals surface area contributed by atoms with E-state index < -0.39 is 5.97 Å². The first-order valence-corrected chi connectivity index (χ1v) is 6.83. The Hall–Kier alpha value is -1.71. The summed E-state index contributed by atoms with van der Waals surface area (Å²) in [6, 6.07) is 12.8. The van der Waals surface area contributed by atoms with Gasteiger partial charge in [0.15, 0.2) is 0 Å². The van der Waals surface area contributed by atoms with Gasteiger partial charge in [-0.05, 0) is 36.2 Å². The zero-order valence-corrected chi connectivity index (χ0v) is 12.1. The molecule has 2 aromatic carbocycles. The first-order valence-electron chi connectivity index (χ1n) is 6.08. The molecule has 0 saturated carbocycles. The van der Waals surface area contributed by atoms with Crippen LogP contribution in [-0.4, -0.2) is 11.1 Å². The van der Waals surface area contributed by atoms with Gasteiger partial charge in [0.1, 0.15) is 0 Å². The molecule has 0 atom stereocenters. The summed E-state index contributed by atoms with van der Waals surface area (Å²) in [6.45, 7) is 0. The minimum atomic E-state index is -0.796. The summed E-state index contributed by atoms with van der Waals surface area (Å²) < 4.78 is 0. The number of hydrogen-bond acceptors (Lipinski definition) is 2. The summed E-state index contributed by atoms with van der Waals surface area (Å²) in [5.74, 6) is -0.796. The Morgan fingerprint density at radius 3 is 2.20 bits per heavy atom. The van der Waals surface area contributed by atoms with Gasteiger partial charge in [-0.2, -0.15) is 0 Å². The van der Waals surface area contributed by atoms with Crippen LogP contribution in [0.1, 0.15) is 12.0 Å². The van der Waals surface area contributed by atoms with Crippen LogP contribution in [0.15, 0.2) is 42.5 Å². The smallest absolute Gasteiger partial charge is 0.303 e. The number of benzene rings is 2. The van der Waals surface area contributed by atoms with Gasteiger partial charge in [-0.15, -0.1) is 0 Å². The SMILES string of the molecule is O=C(O)CCc1ccc(Nc2c(Cl)cccc2Cl)cc1. The molecule has 2 aromatic rings. The van der Waals surface area contributed by atoms with Gasteiger partial charge in [-0.25, -0.2) is 0 Å². The van der Waals surface area contributed by atoms with Crippen molar-refractivity contribution in [2.45, 2.75) is 12.8 Å². The van der Waals surface area contributed by atoms with Crippen LogP contribution in [0.3, 0.4) is 0 Å². The molecule has 0 aliphatic carbocycles. The van der Waals surface area contributed by atoms with Crippen LogP contribution in [-0.2, 0) is 11.2 Å². The summed E-state index contributed by atoms with van der Waals surface area (Å²) >= 11 is 12.2. The molecule has 0 aliphatic heterocycles. The number of halogens is 2. The maximum absolute atomic E-state index is 10.5. The van der Waals surface area contributed by atoms with Gasteiger partial charge in [-0.3, -0.25) is 4.79 Å². The minimum absolute atomic E-state index is 0.128. The van der Waals surface area contributed by atoms with Crippen LogP contribution in [0.5, 0.6) is 0 Å². The third kappa shape index (κ3) is 3.89. The number of carboxylic acid groups (broad SMARTS) is 1. The van der Waals surface area contributed by atoms with Gasteiger partial charge in [0.25, 0.3) is 0 Å². The molecule has 0 amide bonds. The van der Waals surface area contributed by atoms with Crippen molar-refractivity contribution in [3.63, 3.8) is 0 Å². The largest absolute Gasteiger partial charge is 0.481 e. The fourth-order valence-corrected chi connectivity index (χ4v) is 2.26. The Kier molecular flexibility index (Phi) is 4.88. The minimum Gasteiger partial charge on any atom is -0.481 e. The first-order chi connectivity index (χ1) is 9.56. The topological polar surface area (TPSA) is 49.3 Å². The lowest BCUT2D eigenvalue weighted by Gasteiger charge is -2.10. The Bertz CT molecular complexity index is 592. The van der Waals surface area contributed by atoms with Crippen LogP contribution in [0.2, 0.25) is 10.0 Å². The van der Waals surface area contributed by atoms with Crippen molar-refractivity contribution in [1.29, 1.82) is 0 Å². The quantitative estimate of drug-likeness (QED) is 0.837. The fraction of sp³-hybridized carbons (Fsp3) is 0.133. The third-order valence-corrected chi connectivity index (χ3v) is 3.44. The maximum atomic E-state index is 10.5. The summed E-state index contributed by atoms with van der Waals surface area (Å²) in [7, 11) is 0. The molecule has 0 unspecified atom stereocenters. The Morgan fingerprint density at radius 1 is 1.05 bits per heavy atom. The Labute approximate surface area is 127 Å². The predicted molar refractivity (Wildman–Crippen MR) is 82.1 cm³/mol. The molecular weight excluding hydrogens is 297 g/mol. The fourth-order valence-electron chi connectivity index (χ4n) is 1.77. The van der Waals surface area contributed by atoms with Crippen molar-refractivity contribution < 1.29 is 9.90 Å². The summed E-state index contributed by atoms with van der Waals surface area (Å²) in [5, 5.41) is 12.9. The van der Waals surface area contributed by atoms with E-state index >= 15 is 0 Å². The van der Waals surface area contributed by atoms with Gasteiger partial charge in [0, 0.05) is 12.1 Å². The van der Waals surface area contributed by atoms with Gasteiger partial charge in [0.2, 0.25) is 0 Å². The highest BCUT2D eigenvalue weighted by atomic mass is 35.5. The summed E-state index contributed by atoms with van der Waals surface area (Å²) in [5.41, 5.74) is 2.48. The normalized spacial score (nSPS) is 10.3.